The molecule has 0 aliphatic rings. The van der Waals surface area contributed by atoms with Gasteiger partial charge in [-0.05, 0) is 42.5 Å². The molecule has 0 spiro atoms. The van der Waals surface area contributed by atoms with Crippen LogP contribution < -0.4 is 5.56 Å². The molecule has 5 aromatic rings. The Labute approximate surface area is 202 Å². The number of benzene rings is 2. The molecule has 0 radical (unpaired) electrons. The van der Waals surface area contributed by atoms with E-state index in [1.165, 1.54) is 11.8 Å². The zero-order valence-corrected chi connectivity index (χ0v) is 19.4. The van der Waals surface area contributed by atoms with Gasteiger partial charge in [0.05, 0.1) is 26.6 Å². The topological polar surface area (TPSA) is 89.4 Å². The lowest BCUT2D eigenvalue weighted by Crippen LogP contribution is -2.12. The van der Waals surface area contributed by atoms with Gasteiger partial charge in [-0.1, -0.05) is 47.1 Å². The van der Waals surface area contributed by atoms with E-state index in [-0.39, 0.29) is 5.56 Å². The maximum Gasteiger partial charge on any atom is 0.258 e. The van der Waals surface area contributed by atoms with Crippen molar-refractivity contribution in [2.75, 3.05) is 5.75 Å². The van der Waals surface area contributed by atoms with Crippen molar-refractivity contribution >= 4 is 45.9 Å². The molecule has 0 aliphatic heterocycles. The molecule has 1 N–H and O–H groups in total. The summed E-state index contributed by atoms with van der Waals surface area (Å²) in [6.45, 7) is 0. The highest BCUT2D eigenvalue weighted by Gasteiger charge is 2.17. The summed E-state index contributed by atoms with van der Waals surface area (Å²) in [6, 6.07) is 16.4. The number of nitrogens with zero attached hydrogens (tertiary/aromatic N) is 5. The number of H-pyrrole nitrogens is 1. The molecular weight excluding hydrogens is 479 g/mol. The monoisotopic (exact) mass is 494 g/mol. The molecule has 164 valence electrons. The molecule has 0 amide bonds. The van der Waals surface area contributed by atoms with Gasteiger partial charge in [0.25, 0.3) is 5.56 Å². The Morgan fingerprint density at radius 1 is 1.00 bits per heavy atom. The van der Waals surface area contributed by atoms with E-state index < -0.39 is 0 Å². The van der Waals surface area contributed by atoms with Crippen molar-refractivity contribution in [2.45, 2.75) is 11.6 Å². The van der Waals surface area contributed by atoms with Gasteiger partial charge in [0.15, 0.2) is 11.0 Å². The fourth-order valence-corrected chi connectivity index (χ4v) is 4.58. The minimum atomic E-state index is -0.140. The van der Waals surface area contributed by atoms with Gasteiger partial charge in [-0.2, -0.15) is 0 Å². The summed E-state index contributed by atoms with van der Waals surface area (Å²) in [5, 5.41) is 11.0. The Balaban J connectivity index is 1.45. The van der Waals surface area contributed by atoms with E-state index in [0.29, 0.717) is 49.9 Å². The average Bonchev–Trinajstić information content (AvgIpc) is 3.25. The number of para-hydroxylation sites is 1. The van der Waals surface area contributed by atoms with Crippen molar-refractivity contribution in [2.24, 2.45) is 0 Å². The second kappa shape index (κ2) is 9.35. The summed E-state index contributed by atoms with van der Waals surface area (Å²) in [5.74, 6) is 1.90. The van der Waals surface area contributed by atoms with E-state index in [4.69, 9.17) is 23.2 Å². The Bertz CT molecular complexity index is 1500. The Morgan fingerprint density at radius 3 is 2.70 bits per heavy atom. The molecule has 0 aliphatic carbocycles. The van der Waals surface area contributed by atoms with Crippen molar-refractivity contribution < 1.29 is 0 Å². The van der Waals surface area contributed by atoms with Gasteiger partial charge >= 0.3 is 0 Å². The zero-order valence-electron chi connectivity index (χ0n) is 17.1. The van der Waals surface area contributed by atoms with E-state index in [1.54, 1.807) is 30.6 Å². The number of hydrogen-bond acceptors (Lipinski definition) is 6. The second-order valence-electron chi connectivity index (χ2n) is 7.11. The van der Waals surface area contributed by atoms with Gasteiger partial charge < -0.3 is 4.98 Å². The minimum absolute atomic E-state index is 0.140. The van der Waals surface area contributed by atoms with Gasteiger partial charge in [0.1, 0.15) is 5.82 Å². The number of halogens is 2. The fraction of sp³-hybridized carbons (Fsp3) is 0.0870. The normalized spacial score (nSPS) is 11.2. The van der Waals surface area contributed by atoms with Gasteiger partial charge in [-0.3, -0.25) is 14.3 Å². The number of aromatic amines is 1. The summed E-state index contributed by atoms with van der Waals surface area (Å²) < 4.78 is 1.92. The molecule has 0 bridgehead atoms. The molecular formula is C23H16Cl2N6OS. The number of aryl methyl sites for hydroxylation is 1. The van der Waals surface area contributed by atoms with Crippen LogP contribution in [0.2, 0.25) is 10.0 Å². The highest BCUT2D eigenvalue weighted by Crippen LogP contribution is 2.31. The standard InChI is InChI=1S/C23H16Cl2N6OS/c24-17-8-7-15(12-18(17)25)31-21(14-4-3-10-26-13-14)29-30-23(31)33-11-9-20-27-19-6-2-1-5-16(19)22(32)28-20/h1-8,10,12-13H,9,11H2,(H,27,28,32). The number of nitrogens with one attached hydrogen (secondary N) is 1. The summed E-state index contributed by atoms with van der Waals surface area (Å²) in [5.41, 5.74) is 2.15. The maximum atomic E-state index is 12.3. The van der Waals surface area contributed by atoms with Crippen LogP contribution in [0.3, 0.4) is 0 Å². The van der Waals surface area contributed by atoms with E-state index >= 15 is 0 Å². The van der Waals surface area contributed by atoms with E-state index in [0.717, 1.165) is 11.3 Å². The van der Waals surface area contributed by atoms with E-state index in [9.17, 15) is 4.79 Å². The number of rotatable bonds is 6. The SMILES string of the molecule is O=c1[nH]c(CCSc2nnc(-c3cccnc3)n2-c2ccc(Cl)c(Cl)c2)nc2ccccc12. The first kappa shape index (κ1) is 21.6. The molecule has 7 nitrogen and oxygen atoms in total. The van der Waals surface area contributed by atoms with Gasteiger partial charge in [-0.15, -0.1) is 10.2 Å². The molecule has 33 heavy (non-hydrogen) atoms. The zero-order chi connectivity index (χ0) is 22.8. The molecule has 10 heteroatoms. The van der Waals surface area contributed by atoms with Crippen molar-refractivity contribution in [3.63, 3.8) is 0 Å². The van der Waals surface area contributed by atoms with Crippen LogP contribution in [0.15, 0.2) is 76.9 Å². The highest BCUT2D eigenvalue weighted by atomic mass is 35.5. The molecule has 0 saturated carbocycles. The summed E-state index contributed by atoms with van der Waals surface area (Å²) >= 11 is 13.9. The molecule has 0 atom stereocenters. The predicted molar refractivity (Wildman–Crippen MR) is 131 cm³/mol. The third-order valence-corrected chi connectivity index (χ3v) is 6.62. The second-order valence-corrected chi connectivity index (χ2v) is 8.99. The Kier molecular flexibility index (Phi) is 6.13. The van der Waals surface area contributed by atoms with Gasteiger partial charge in [0, 0.05) is 30.1 Å². The number of pyridine rings is 1. The van der Waals surface area contributed by atoms with Crippen LogP contribution >= 0.6 is 35.0 Å². The van der Waals surface area contributed by atoms with E-state index in [2.05, 4.69) is 25.1 Å². The molecule has 0 unspecified atom stereocenters. The van der Waals surface area contributed by atoms with Crippen LogP contribution in [0.4, 0.5) is 0 Å². The summed E-state index contributed by atoms with van der Waals surface area (Å²) in [6.07, 6.45) is 3.99. The van der Waals surface area contributed by atoms with Crippen molar-refractivity contribution in [1.29, 1.82) is 0 Å². The van der Waals surface area contributed by atoms with Crippen LogP contribution in [0.5, 0.6) is 0 Å². The number of fused-ring (bicyclic) bond motifs is 1. The van der Waals surface area contributed by atoms with Crippen molar-refractivity contribution in [3.05, 3.63) is 93.2 Å². The fourth-order valence-electron chi connectivity index (χ4n) is 3.39. The first-order valence-electron chi connectivity index (χ1n) is 10.0. The number of hydrogen-bond donors (Lipinski definition) is 1. The lowest BCUT2D eigenvalue weighted by atomic mass is 10.2. The molecule has 0 fully saturated rings. The van der Waals surface area contributed by atoms with Crippen molar-refractivity contribution in [1.82, 2.24) is 29.7 Å². The van der Waals surface area contributed by atoms with E-state index in [1.807, 2.05) is 41.0 Å². The average molecular weight is 495 g/mol. The lowest BCUT2D eigenvalue weighted by Gasteiger charge is -2.11. The molecule has 3 heterocycles. The third kappa shape index (κ3) is 4.50. The minimum Gasteiger partial charge on any atom is -0.310 e. The largest absolute Gasteiger partial charge is 0.310 e. The summed E-state index contributed by atoms with van der Waals surface area (Å²) in [7, 11) is 0. The van der Waals surface area contributed by atoms with Crippen LogP contribution in [0.1, 0.15) is 5.82 Å². The van der Waals surface area contributed by atoms with Crippen LogP contribution in [-0.4, -0.2) is 35.5 Å². The van der Waals surface area contributed by atoms with Gasteiger partial charge in [-0.25, -0.2) is 4.98 Å². The van der Waals surface area contributed by atoms with Crippen LogP contribution in [-0.2, 0) is 6.42 Å². The molecule has 0 saturated heterocycles. The first-order chi connectivity index (χ1) is 16.1. The van der Waals surface area contributed by atoms with Crippen LogP contribution in [0, 0.1) is 0 Å². The number of thioether (sulfide) groups is 1. The molecule has 5 rings (SSSR count). The Morgan fingerprint density at radius 2 is 1.88 bits per heavy atom. The summed E-state index contributed by atoms with van der Waals surface area (Å²) in [4.78, 5) is 24.0. The maximum absolute atomic E-state index is 12.3. The lowest BCUT2D eigenvalue weighted by molar-refractivity contribution is 0.880. The van der Waals surface area contributed by atoms with Crippen molar-refractivity contribution in [3.8, 4) is 17.1 Å². The Hall–Kier alpha value is -3.20. The smallest absolute Gasteiger partial charge is 0.258 e. The number of aromatic nitrogens is 6. The quantitative estimate of drug-likeness (QED) is 0.326. The first-order valence-corrected chi connectivity index (χ1v) is 11.8. The predicted octanol–water partition coefficient (Wildman–Crippen LogP) is 5.21. The highest BCUT2D eigenvalue weighted by molar-refractivity contribution is 7.99. The third-order valence-electron chi connectivity index (χ3n) is 4.95. The molecule has 3 aromatic heterocycles. The van der Waals surface area contributed by atoms with Gasteiger partial charge in [0.2, 0.25) is 0 Å². The van der Waals surface area contributed by atoms with Crippen LogP contribution in [0.25, 0.3) is 28.0 Å². The molecule has 2 aromatic carbocycles.